The molecule has 0 saturated carbocycles. The van der Waals surface area contributed by atoms with Crippen molar-refractivity contribution in [2.45, 2.75) is 25.9 Å². The van der Waals surface area contributed by atoms with Crippen molar-refractivity contribution in [1.82, 2.24) is 19.9 Å². The number of ether oxygens (including phenoxy) is 1. The van der Waals surface area contributed by atoms with Gasteiger partial charge >= 0.3 is 0 Å². The molecular formula is C18H23N5O4S. The topological polar surface area (TPSA) is 106 Å². The minimum absolute atomic E-state index is 0.0214. The number of anilines is 1. The van der Waals surface area contributed by atoms with Crippen LogP contribution in [0.4, 0.5) is 5.69 Å². The molecule has 0 atom stereocenters. The van der Waals surface area contributed by atoms with Gasteiger partial charge in [0.1, 0.15) is 11.8 Å². The SMILES string of the molecule is CCS(=O)(=O)N(C)c1ccc(OC2CCN(C(=O)c3cnccn3)CC2)nc1. The third-order valence-electron chi connectivity index (χ3n) is 4.67. The minimum atomic E-state index is -3.32. The monoisotopic (exact) mass is 405 g/mol. The summed E-state index contributed by atoms with van der Waals surface area (Å²) in [5.74, 6) is 0.326. The zero-order chi connectivity index (χ0) is 20.1. The fraction of sp³-hybridized carbons (Fsp3) is 0.444. The Bertz CT molecular complexity index is 897. The molecule has 28 heavy (non-hydrogen) atoms. The number of rotatable bonds is 6. The third kappa shape index (κ3) is 4.56. The molecule has 0 N–H and O–H groups in total. The zero-order valence-electron chi connectivity index (χ0n) is 15.9. The van der Waals surface area contributed by atoms with Crippen molar-refractivity contribution in [1.29, 1.82) is 0 Å². The first-order valence-corrected chi connectivity index (χ1v) is 10.7. The molecule has 2 aromatic rings. The predicted molar refractivity (Wildman–Crippen MR) is 104 cm³/mol. The molecule has 1 amide bonds. The maximum atomic E-state index is 12.4. The Kier molecular flexibility index (Phi) is 6.08. The number of likely N-dealkylation sites (tertiary alicyclic amines) is 1. The first-order valence-electron chi connectivity index (χ1n) is 9.05. The Labute approximate surface area is 164 Å². The van der Waals surface area contributed by atoms with Crippen LogP contribution in [-0.2, 0) is 10.0 Å². The van der Waals surface area contributed by atoms with Gasteiger partial charge < -0.3 is 9.64 Å². The molecule has 0 unspecified atom stereocenters. The molecule has 0 radical (unpaired) electrons. The van der Waals surface area contributed by atoms with E-state index < -0.39 is 10.0 Å². The minimum Gasteiger partial charge on any atom is -0.474 e. The molecular weight excluding hydrogens is 382 g/mol. The molecule has 0 spiro atoms. The number of pyridine rings is 1. The van der Waals surface area contributed by atoms with E-state index in [0.717, 1.165) is 0 Å². The Morgan fingerprint density at radius 1 is 1.21 bits per heavy atom. The fourth-order valence-corrected chi connectivity index (χ4v) is 3.72. The van der Waals surface area contributed by atoms with E-state index in [9.17, 15) is 13.2 Å². The predicted octanol–water partition coefficient (Wildman–Crippen LogP) is 1.34. The highest BCUT2D eigenvalue weighted by Gasteiger charge is 2.26. The van der Waals surface area contributed by atoms with E-state index >= 15 is 0 Å². The molecule has 1 fully saturated rings. The molecule has 0 aromatic carbocycles. The Hall–Kier alpha value is -2.75. The van der Waals surface area contributed by atoms with Crippen molar-refractivity contribution in [3.8, 4) is 5.88 Å². The summed E-state index contributed by atoms with van der Waals surface area (Å²) >= 11 is 0. The Morgan fingerprint density at radius 2 is 1.96 bits per heavy atom. The van der Waals surface area contributed by atoms with Crippen LogP contribution in [0.25, 0.3) is 0 Å². The molecule has 10 heteroatoms. The largest absolute Gasteiger partial charge is 0.474 e. The number of hydrogen-bond acceptors (Lipinski definition) is 7. The van der Waals surface area contributed by atoms with Crippen molar-refractivity contribution in [3.63, 3.8) is 0 Å². The van der Waals surface area contributed by atoms with Gasteiger partial charge in [-0.1, -0.05) is 0 Å². The molecule has 9 nitrogen and oxygen atoms in total. The molecule has 150 valence electrons. The second-order valence-electron chi connectivity index (χ2n) is 6.42. The Morgan fingerprint density at radius 3 is 2.54 bits per heavy atom. The van der Waals surface area contributed by atoms with Gasteiger partial charge in [0.2, 0.25) is 15.9 Å². The highest BCUT2D eigenvalue weighted by molar-refractivity contribution is 7.92. The number of hydrogen-bond donors (Lipinski definition) is 0. The normalized spacial score (nSPS) is 15.3. The molecule has 1 aliphatic heterocycles. The number of carbonyl (C=O) groups excluding carboxylic acids is 1. The first kappa shape index (κ1) is 20.0. The summed E-state index contributed by atoms with van der Waals surface area (Å²) in [6.07, 6.45) is 7.29. The Balaban J connectivity index is 1.54. The van der Waals surface area contributed by atoms with Crippen LogP contribution < -0.4 is 9.04 Å². The average molecular weight is 405 g/mol. The highest BCUT2D eigenvalue weighted by atomic mass is 32.2. The standard InChI is InChI=1S/C18H23N5O4S/c1-3-28(25,26)22(2)14-4-5-17(21-12-14)27-15-6-10-23(11-7-15)18(24)16-13-19-8-9-20-16/h4-5,8-9,12-13,15H,3,6-7,10-11H2,1-2H3. The van der Waals surface area contributed by atoms with Gasteiger partial charge in [-0.2, -0.15) is 0 Å². The summed E-state index contributed by atoms with van der Waals surface area (Å²) in [6.45, 7) is 2.73. The lowest BCUT2D eigenvalue weighted by molar-refractivity contribution is 0.0582. The number of sulfonamides is 1. The number of amides is 1. The first-order chi connectivity index (χ1) is 13.4. The second-order valence-corrected chi connectivity index (χ2v) is 8.71. The van der Waals surface area contributed by atoms with Crippen LogP contribution in [0.3, 0.4) is 0 Å². The molecule has 0 aliphatic carbocycles. The van der Waals surface area contributed by atoms with Crippen LogP contribution in [0.2, 0.25) is 0 Å². The number of nitrogens with zero attached hydrogens (tertiary/aromatic N) is 5. The van der Waals surface area contributed by atoms with Crippen molar-refractivity contribution in [2.24, 2.45) is 0 Å². The maximum absolute atomic E-state index is 12.4. The number of carbonyl (C=O) groups is 1. The lowest BCUT2D eigenvalue weighted by Crippen LogP contribution is -2.42. The summed E-state index contributed by atoms with van der Waals surface area (Å²) in [4.78, 5) is 26.3. The summed E-state index contributed by atoms with van der Waals surface area (Å²) in [6, 6.07) is 3.33. The van der Waals surface area contributed by atoms with Gasteiger partial charge in [-0.3, -0.25) is 14.1 Å². The van der Waals surface area contributed by atoms with E-state index in [4.69, 9.17) is 4.74 Å². The van der Waals surface area contributed by atoms with Crippen molar-refractivity contribution < 1.29 is 17.9 Å². The van der Waals surface area contributed by atoms with Crippen LogP contribution in [0.1, 0.15) is 30.3 Å². The highest BCUT2D eigenvalue weighted by Crippen LogP contribution is 2.21. The summed E-state index contributed by atoms with van der Waals surface area (Å²) in [7, 11) is -1.82. The molecule has 3 heterocycles. The second kappa shape index (κ2) is 8.51. The average Bonchev–Trinajstić information content (AvgIpc) is 2.74. The number of piperidine rings is 1. The van der Waals surface area contributed by atoms with Gasteiger partial charge in [0.15, 0.2) is 0 Å². The van der Waals surface area contributed by atoms with Crippen molar-refractivity contribution in [2.75, 3.05) is 30.2 Å². The zero-order valence-corrected chi connectivity index (χ0v) is 16.7. The third-order valence-corrected chi connectivity index (χ3v) is 6.44. The molecule has 1 aliphatic rings. The van der Waals surface area contributed by atoms with Gasteiger partial charge in [0.05, 0.1) is 23.8 Å². The van der Waals surface area contributed by atoms with E-state index in [1.807, 2.05) is 0 Å². The van der Waals surface area contributed by atoms with E-state index in [0.29, 0.717) is 43.2 Å². The van der Waals surface area contributed by atoms with Crippen LogP contribution in [0.5, 0.6) is 5.88 Å². The van der Waals surface area contributed by atoms with Crippen LogP contribution in [0, 0.1) is 0 Å². The van der Waals surface area contributed by atoms with Gasteiger partial charge in [-0.25, -0.2) is 18.4 Å². The quantitative estimate of drug-likeness (QED) is 0.714. The van der Waals surface area contributed by atoms with Gasteiger partial charge in [-0.15, -0.1) is 0 Å². The number of aromatic nitrogens is 3. The summed E-state index contributed by atoms with van der Waals surface area (Å²) in [5.41, 5.74) is 0.823. The van der Waals surface area contributed by atoms with Crippen molar-refractivity contribution >= 4 is 21.6 Å². The lowest BCUT2D eigenvalue weighted by atomic mass is 10.1. The van der Waals surface area contributed by atoms with Crippen LogP contribution in [0.15, 0.2) is 36.9 Å². The summed E-state index contributed by atoms with van der Waals surface area (Å²) < 4.78 is 30.9. The summed E-state index contributed by atoms with van der Waals surface area (Å²) in [5, 5.41) is 0. The smallest absolute Gasteiger partial charge is 0.274 e. The lowest BCUT2D eigenvalue weighted by Gasteiger charge is -2.31. The van der Waals surface area contributed by atoms with Crippen LogP contribution in [-0.4, -0.2) is 66.2 Å². The van der Waals surface area contributed by atoms with Gasteiger partial charge in [-0.05, 0) is 13.0 Å². The fourth-order valence-electron chi connectivity index (χ4n) is 2.90. The van der Waals surface area contributed by atoms with E-state index in [1.54, 1.807) is 24.0 Å². The maximum Gasteiger partial charge on any atom is 0.274 e. The molecule has 0 bridgehead atoms. The van der Waals surface area contributed by atoms with Gasteiger partial charge in [0.25, 0.3) is 5.91 Å². The van der Waals surface area contributed by atoms with E-state index in [2.05, 4.69) is 15.0 Å². The van der Waals surface area contributed by atoms with Crippen molar-refractivity contribution in [3.05, 3.63) is 42.6 Å². The van der Waals surface area contributed by atoms with Crippen LogP contribution >= 0.6 is 0 Å². The van der Waals surface area contributed by atoms with Gasteiger partial charge in [0, 0.05) is 51.4 Å². The molecule has 3 rings (SSSR count). The molecule has 1 saturated heterocycles. The molecule has 2 aromatic heterocycles. The van der Waals surface area contributed by atoms with E-state index in [1.165, 1.54) is 36.1 Å². The van der Waals surface area contributed by atoms with E-state index in [-0.39, 0.29) is 17.8 Å².